The molecule has 0 aliphatic carbocycles. The molecule has 0 fully saturated rings. The number of hydrogen-bond acceptors (Lipinski definition) is 2. The monoisotopic (exact) mass is 403 g/mol. The van der Waals surface area contributed by atoms with Crippen LogP contribution in [-0.2, 0) is 6.56 Å². The molecule has 0 saturated heterocycles. The summed E-state index contributed by atoms with van der Waals surface area (Å²) in [6.07, 6.45) is 0. The SMILES string of the molecule is [2H]c1c([2H])c([2H])c(C([2H])([2H])Oc2ccc(C(=O)C(C)Br)cc2Br)c([2H])c1[2H]. The van der Waals surface area contributed by atoms with E-state index in [0.29, 0.717) is 5.56 Å². The maximum Gasteiger partial charge on any atom is 0.176 e. The van der Waals surface area contributed by atoms with Gasteiger partial charge < -0.3 is 4.74 Å². The second kappa shape index (κ2) is 7.04. The maximum atomic E-state index is 12.0. The van der Waals surface area contributed by atoms with Gasteiger partial charge in [0.05, 0.1) is 18.9 Å². The molecule has 1 atom stereocenters. The molecule has 20 heavy (non-hydrogen) atoms. The van der Waals surface area contributed by atoms with Crippen molar-refractivity contribution in [2.45, 2.75) is 18.3 Å². The summed E-state index contributed by atoms with van der Waals surface area (Å²) < 4.78 is 60.6. The van der Waals surface area contributed by atoms with Gasteiger partial charge in [-0.3, -0.25) is 4.79 Å². The normalized spacial score (nSPS) is 17.6. The topological polar surface area (TPSA) is 26.3 Å². The third-order valence-corrected chi connectivity index (χ3v) is 3.38. The molecule has 0 bridgehead atoms. The summed E-state index contributed by atoms with van der Waals surface area (Å²) in [6.45, 7) is -1.03. The molecule has 0 aliphatic rings. The number of rotatable bonds is 5. The van der Waals surface area contributed by atoms with Gasteiger partial charge in [-0.2, -0.15) is 0 Å². The van der Waals surface area contributed by atoms with Crippen LogP contribution in [0.15, 0.2) is 52.9 Å². The minimum atomic E-state index is -2.70. The van der Waals surface area contributed by atoms with Crippen molar-refractivity contribution in [1.29, 1.82) is 0 Å². The summed E-state index contributed by atoms with van der Waals surface area (Å²) in [5.41, 5.74) is -0.225. The first kappa shape index (κ1) is 8.35. The Hall–Kier alpha value is -1.13. The summed E-state index contributed by atoms with van der Waals surface area (Å²) >= 11 is 6.40. The fourth-order valence-electron chi connectivity index (χ4n) is 1.37. The number of alkyl halides is 1. The minimum Gasteiger partial charge on any atom is -0.488 e. The number of carbonyl (C=O) groups is 1. The van der Waals surface area contributed by atoms with E-state index in [1.54, 1.807) is 6.92 Å². The van der Waals surface area contributed by atoms with Gasteiger partial charge in [-0.1, -0.05) is 46.1 Å². The lowest BCUT2D eigenvalue weighted by molar-refractivity contribution is 0.0995. The Kier molecular flexibility index (Phi) is 2.94. The van der Waals surface area contributed by atoms with Gasteiger partial charge in [0.25, 0.3) is 0 Å². The van der Waals surface area contributed by atoms with Crippen LogP contribution >= 0.6 is 31.9 Å². The Bertz CT molecular complexity index is 887. The van der Waals surface area contributed by atoms with E-state index in [1.165, 1.54) is 18.2 Å². The van der Waals surface area contributed by atoms with Gasteiger partial charge in [0.1, 0.15) is 12.3 Å². The Morgan fingerprint density at radius 1 is 1.40 bits per heavy atom. The van der Waals surface area contributed by atoms with Crippen LogP contribution in [0.1, 0.15) is 32.4 Å². The molecule has 0 spiro atoms. The number of halogens is 2. The quantitative estimate of drug-likeness (QED) is 0.518. The van der Waals surface area contributed by atoms with Crippen molar-refractivity contribution < 1.29 is 19.1 Å². The summed E-state index contributed by atoms with van der Waals surface area (Å²) in [6, 6.07) is 1.03. The highest BCUT2D eigenvalue weighted by atomic mass is 79.9. The Labute approximate surface area is 145 Å². The first-order valence-electron chi connectivity index (χ1n) is 9.12. The van der Waals surface area contributed by atoms with Gasteiger partial charge in [0.15, 0.2) is 5.78 Å². The minimum absolute atomic E-state index is 0.0191. The van der Waals surface area contributed by atoms with E-state index in [-0.39, 0.29) is 16.0 Å². The van der Waals surface area contributed by atoms with Gasteiger partial charge in [-0.05, 0) is 46.6 Å². The summed E-state index contributed by atoms with van der Waals surface area (Å²) in [7, 11) is 0. The lowest BCUT2D eigenvalue weighted by Gasteiger charge is -2.10. The van der Waals surface area contributed by atoms with E-state index in [0.717, 1.165) is 0 Å². The van der Waals surface area contributed by atoms with E-state index in [1.807, 2.05) is 0 Å². The van der Waals surface area contributed by atoms with Gasteiger partial charge in [-0.25, -0.2) is 0 Å². The summed E-state index contributed by atoms with van der Waals surface area (Å²) in [5.74, 6) is -0.151. The zero-order valence-electron chi connectivity index (χ0n) is 17.4. The van der Waals surface area contributed by atoms with E-state index >= 15 is 0 Å². The molecule has 1 unspecified atom stereocenters. The lowest BCUT2D eigenvalue weighted by Crippen LogP contribution is -2.09. The molecule has 2 rings (SSSR count). The average Bonchev–Trinajstić information content (AvgIpc) is 2.59. The van der Waals surface area contributed by atoms with Crippen LogP contribution in [0.5, 0.6) is 5.75 Å². The number of benzene rings is 2. The number of ketones is 1. The average molecular weight is 405 g/mol. The highest BCUT2D eigenvalue weighted by Crippen LogP contribution is 2.27. The standard InChI is InChI=1S/C16H14Br2O2/c1-11(17)16(19)13-7-8-15(14(18)9-13)20-10-12-5-3-2-4-6-12/h2-9,11H,10H2,1H3/i2D,3D,4D,5D,6D,10D2. The van der Waals surface area contributed by atoms with Gasteiger partial charge in [0.2, 0.25) is 0 Å². The molecule has 0 saturated carbocycles. The molecule has 2 aromatic carbocycles. The number of ether oxygens (including phenoxy) is 1. The molecular weight excluding hydrogens is 384 g/mol. The second-order valence-corrected chi connectivity index (χ2v) is 6.06. The molecule has 0 radical (unpaired) electrons. The van der Waals surface area contributed by atoms with Crippen molar-refractivity contribution in [2.75, 3.05) is 0 Å². The highest BCUT2D eigenvalue weighted by Gasteiger charge is 2.13. The smallest absolute Gasteiger partial charge is 0.176 e. The Morgan fingerprint density at radius 2 is 2.10 bits per heavy atom. The van der Waals surface area contributed by atoms with Crippen molar-refractivity contribution in [3.8, 4) is 5.75 Å². The zero-order valence-corrected chi connectivity index (χ0v) is 13.6. The zero-order chi connectivity index (χ0) is 20.7. The molecule has 104 valence electrons. The van der Waals surface area contributed by atoms with Crippen molar-refractivity contribution in [3.63, 3.8) is 0 Å². The van der Waals surface area contributed by atoms with Crippen LogP contribution in [-0.4, -0.2) is 10.6 Å². The van der Waals surface area contributed by atoms with Crippen molar-refractivity contribution in [2.24, 2.45) is 0 Å². The maximum absolute atomic E-state index is 12.0. The molecule has 0 aromatic heterocycles. The summed E-state index contributed by atoms with van der Waals surface area (Å²) in [4.78, 5) is 11.6. The van der Waals surface area contributed by atoms with Crippen LogP contribution in [0.4, 0.5) is 0 Å². The first-order chi connectivity index (χ1) is 12.4. The van der Waals surface area contributed by atoms with E-state index in [9.17, 15) is 4.79 Å². The third-order valence-electron chi connectivity index (χ3n) is 2.34. The largest absolute Gasteiger partial charge is 0.488 e. The second-order valence-electron chi connectivity index (χ2n) is 3.83. The predicted molar refractivity (Wildman–Crippen MR) is 87.6 cm³/mol. The molecule has 2 aromatic rings. The molecular formula is C16H14Br2O2. The first-order valence-corrected chi connectivity index (χ1v) is 7.33. The molecule has 0 aliphatic heterocycles. The highest BCUT2D eigenvalue weighted by molar-refractivity contribution is 9.10. The molecule has 0 amide bonds. The fourth-order valence-corrected chi connectivity index (χ4v) is 2.10. The van der Waals surface area contributed by atoms with Crippen molar-refractivity contribution in [1.82, 2.24) is 0 Å². The predicted octanol–water partition coefficient (Wildman–Crippen LogP) is 4.99. The third kappa shape index (κ3) is 3.93. The van der Waals surface area contributed by atoms with Crippen molar-refractivity contribution >= 4 is 37.6 Å². The molecule has 2 nitrogen and oxygen atoms in total. The van der Waals surface area contributed by atoms with E-state index in [4.69, 9.17) is 14.3 Å². The van der Waals surface area contributed by atoms with E-state index < -0.39 is 47.2 Å². The number of carbonyl (C=O) groups excluding carboxylic acids is 1. The van der Waals surface area contributed by atoms with Gasteiger partial charge in [-0.15, -0.1) is 0 Å². The number of Topliss-reactive ketones (excluding diaryl/α,β-unsaturated/α-hetero) is 1. The van der Waals surface area contributed by atoms with Crippen LogP contribution in [0, 0.1) is 0 Å². The molecule has 4 heteroatoms. The lowest BCUT2D eigenvalue weighted by atomic mass is 10.1. The van der Waals surface area contributed by atoms with Gasteiger partial charge >= 0.3 is 0 Å². The van der Waals surface area contributed by atoms with Crippen LogP contribution in [0.2, 0.25) is 0 Å². The van der Waals surface area contributed by atoms with E-state index in [2.05, 4.69) is 31.9 Å². The molecule has 0 heterocycles. The van der Waals surface area contributed by atoms with Crippen LogP contribution in [0.3, 0.4) is 0 Å². The Balaban J connectivity index is 2.48. The Morgan fingerprint density at radius 3 is 2.70 bits per heavy atom. The number of hydrogen-bond donors (Lipinski definition) is 0. The summed E-state index contributed by atoms with van der Waals surface area (Å²) in [5, 5.41) is 0. The van der Waals surface area contributed by atoms with Crippen LogP contribution in [0.25, 0.3) is 0 Å². The molecule has 0 N–H and O–H groups in total. The van der Waals surface area contributed by atoms with Gasteiger partial charge in [0, 0.05) is 5.56 Å². The van der Waals surface area contributed by atoms with Crippen molar-refractivity contribution in [3.05, 3.63) is 64.0 Å². The fraction of sp³-hybridized carbons (Fsp3) is 0.188. The van der Waals surface area contributed by atoms with Crippen LogP contribution < -0.4 is 4.74 Å².